The summed E-state index contributed by atoms with van der Waals surface area (Å²) in [7, 11) is 0. The fourth-order valence-electron chi connectivity index (χ4n) is 0.436. The Morgan fingerprint density at radius 3 is 2.33 bits per heavy atom. The first kappa shape index (κ1) is 8.88. The van der Waals surface area contributed by atoms with E-state index in [0.717, 1.165) is 0 Å². The summed E-state index contributed by atoms with van der Waals surface area (Å²) in [6, 6.07) is 0. The van der Waals surface area contributed by atoms with Crippen LogP contribution in [-0.2, 0) is 0 Å². The topological polar surface area (TPSA) is 52.5 Å². The van der Waals surface area contributed by atoms with Crippen molar-refractivity contribution in [1.82, 2.24) is 5.32 Å². The van der Waals surface area contributed by atoms with Crippen molar-refractivity contribution in [2.24, 2.45) is 5.92 Å². The third-order valence-electron chi connectivity index (χ3n) is 1.07. The molecule has 0 heterocycles. The van der Waals surface area contributed by atoms with Crippen LogP contribution in [0.5, 0.6) is 0 Å². The molecule has 0 saturated carbocycles. The number of aliphatic hydroxyl groups excluding tert-OH is 2. The van der Waals surface area contributed by atoms with E-state index in [1.807, 2.05) is 6.92 Å². The van der Waals surface area contributed by atoms with Crippen molar-refractivity contribution in [3.63, 3.8) is 0 Å². The lowest BCUT2D eigenvalue weighted by atomic mass is 10.2. The molecule has 9 heavy (non-hydrogen) atoms. The van der Waals surface area contributed by atoms with Crippen LogP contribution in [0.15, 0.2) is 0 Å². The van der Waals surface area contributed by atoms with Crippen LogP contribution in [0.4, 0.5) is 0 Å². The van der Waals surface area contributed by atoms with Gasteiger partial charge in [0.25, 0.3) is 0 Å². The molecule has 0 aromatic carbocycles. The van der Waals surface area contributed by atoms with Crippen molar-refractivity contribution >= 4 is 0 Å². The molecule has 0 saturated heterocycles. The van der Waals surface area contributed by atoms with E-state index in [1.54, 1.807) is 6.92 Å². The smallest absolute Gasteiger partial charge is 0.102 e. The third-order valence-corrected chi connectivity index (χ3v) is 1.07. The van der Waals surface area contributed by atoms with Gasteiger partial charge in [0.1, 0.15) is 6.23 Å². The zero-order valence-electron chi connectivity index (χ0n) is 5.96. The highest BCUT2D eigenvalue weighted by molar-refractivity contribution is 4.54. The van der Waals surface area contributed by atoms with E-state index < -0.39 is 6.23 Å². The van der Waals surface area contributed by atoms with Gasteiger partial charge in [0.2, 0.25) is 0 Å². The van der Waals surface area contributed by atoms with Gasteiger partial charge in [-0.2, -0.15) is 0 Å². The molecule has 0 aromatic rings. The minimum absolute atomic E-state index is 0.166. The Bertz CT molecular complexity index is 66.1. The van der Waals surface area contributed by atoms with Gasteiger partial charge in [0.05, 0.1) is 0 Å². The lowest BCUT2D eigenvalue weighted by molar-refractivity contribution is 0.141. The van der Waals surface area contributed by atoms with Crippen molar-refractivity contribution in [2.45, 2.75) is 20.1 Å². The molecule has 0 spiro atoms. The Balaban J connectivity index is 3.06. The van der Waals surface area contributed by atoms with Crippen LogP contribution in [0.2, 0.25) is 0 Å². The molecule has 0 aliphatic carbocycles. The lowest BCUT2D eigenvalue weighted by Gasteiger charge is -2.10. The van der Waals surface area contributed by atoms with Crippen molar-refractivity contribution in [3.05, 3.63) is 0 Å². The van der Waals surface area contributed by atoms with Crippen molar-refractivity contribution in [2.75, 3.05) is 13.2 Å². The third kappa shape index (κ3) is 5.76. The van der Waals surface area contributed by atoms with Crippen LogP contribution in [0.3, 0.4) is 0 Å². The van der Waals surface area contributed by atoms with E-state index in [-0.39, 0.29) is 12.5 Å². The van der Waals surface area contributed by atoms with Gasteiger partial charge in [0, 0.05) is 13.2 Å². The van der Waals surface area contributed by atoms with E-state index in [2.05, 4.69) is 5.32 Å². The first-order valence-electron chi connectivity index (χ1n) is 3.19. The number of rotatable bonds is 4. The molecule has 0 aliphatic heterocycles. The summed E-state index contributed by atoms with van der Waals surface area (Å²) in [5.74, 6) is 0.222. The van der Waals surface area contributed by atoms with E-state index in [9.17, 15) is 0 Å². The summed E-state index contributed by atoms with van der Waals surface area (Å²) in [4.78, 5) is 0. The largest absolute Gasteiger partial charge is 0.396 e. The number of hydrogen-bond donors (Lipinski definition) is 3. The van der Waals surface area contributed by atoms with Crippen LogP contribution in [0.1, 0.15) is 13.8 Å². The number of hydrogen-bond acceptors (Lipinski definition) is 3. The Morgan fingerprint density at radius 2 is 2.00 bits per heavy atom. The number of nitrogens with one attached hydrogen (secondary N) is 1. The van der Waals surface area contributed by atoms with Gasteiger partial charge in [-0.05, 0) is 12.8 Å². The molecular weight excluding hydrogens is 118 g/mol. The van der Waals surface area contributed by atoms with E-state index in [0.29, 0.717) is 6.54 Å². The average molecular weight is 133 g/mol. The SMILES string of the molecule is CC(CO)CNC(C)O. The van der Waals surface area contributed by atoms with Gasteiger partial charge in [-0.3, -0.25) is 5.32 Å². The molecule has 2 atom stereocenters. The van der Waals surface area contributed by atoms with Crippen molar-refractivity contribution in [1.29, 1.82) is 0 Å². The zero-order chi connectivity index (χ0) is 7.28. The molecule has 0 fully saturated rings. The van der Waals surface area contributed by atoms with E-state index >= 15 is 0 Å². The second kappa shape index (κ2) is 4.73. The van der Waals surface area contributed by atoms with Gasteiger partial charge in [0.15, 0.2) is 0 Å². The van der Waals surface area contributed by atoms with Crippen LogP contribution < -0.4 is 5.32 Å². The first-order chi connectivity index (χ1) is 4.16. The van der Waals surface area contributed by atoms with Crippen LogP contribution in [0.25, 0.3) is 0 Å². The lowest BCUT2D eigenvalue weighted by Crippen LogP contribution is -2.30. The molecule has 0 bridgehead atoms. The van der Waals surface area contributed by atoms with Gasteiger partial charge in [-0.1, -0.05) is 6.92 Å². The predicted molar refractivity (Wildman–Crippen MR) is 35.9 cm³/mol. The average Bonchev–Trinajstić information content (AvgIpc) is 1.83. The molecule has 3 nitrogen and oxygen atoms in total. The second-order valence-electron chi connectivity index (χ2n) is 2.37. The highest BCUT2D eigenvalue weighted by Gasteiger charge is 1.99. The maximum atomic E-state index is 8.70. The molecule has 2 unspecified atom stereocenters. The Hall–Kier alpha value is -0.120. The zero-order valence-corrected chi connectivity index (χ0v) is 5.96. The molecule has 3 N–H and O–H groups in total. The predicted octanol–water partition coefficient (Wildman–Crippen LogP) is -0.457. The summed E-state index contributed by atoms with van der Waals surface area (Å²) < 4.78 is 0. The second-order valence-corrected chi connectivity index (χ2v) is 2.37. The Morgan fingerprint density at radius 1 is 1.44 bits per heavy atom. The molecule has 3 heteroatoms. The molecule has 0 rings (SSSR count). The summed E-state index contributed by atoms with van der Waals surface area (Å²) in [6.07, 6.45) is -0.473. The summed E-state index contributed by atoms with van der Waals surface area (Å²) in [5, 5.41) is 20.0. The monoisotopic (exact) mass is 133 g/mol. The normalized spacial score (nSPS) is 17.3. The van der Waals surface area contributed by atoms with Crippen LogP contribution >= 0.6 is 0 Å². The minimum atomic E-state index is -0.473. The maximum absolute atomic E-state index is 8.70. The van der Waals surface area contributed by atoms with E-state index in [1.165, 1.54) is 0 Å². The minimum Gasteiger partial charge on any atom is -0.396 e. The van der Waals surface area contributed by atoms with Crippen LogP contribution in [0, 0.1) is 5.92 Å². The molecule has 0 aromatic heterocycles. The summed E-state index contributed by atoms with van der Waals surface area (Å²) in [6.45, 7) is 4.40. The number of aliphatic hydroxyl groups is 2. The molecule has 0 radical (unpaired) electrons. The molecule has 56 valence electrons. The van der Waals surface area contributed by atoms with E-state index in [4.69, 9.17) is 10.2 Å². The first-order valence-corrected chi connectivity index (χ1v) is 3.19. The van der Waals surface area contributed by atoms with Gasteiger partial charge in [-0.25, -0.2) is 0 Å². The Kier molecular flexibility index (Phi) is 4.67. The summed E-state index contributed by atoms with van der Waals surface area (Å²) in [5.41, 5.74) is 0. The van der Waals surface area contributed by atoms with Gasteiger partial charge in [-0.15, -0.1) is 0 Å². The Labute approximate surface area is 55.7 Å². The van der Waals surface area contributed by atoms with Gasteiger partial charge < -0.3 is 10.2 Å². The van der Waals surface area contributed by atoms with Crippen molar-refractivity contribution < 1.29 is 10.2 Å². The van der Waals surface area contributed by atoms with Crippen LogP contribution in [-0.4, -0.2) is 29.6 Å². The maximum Gasteiger partial charge on any atom is 0.102 e. The molecular formula is C6H15NO2. The summed E-state index contributed by atoms with van der Waals surface area (Å²) >= 11 is 0. The molecule has 0 amide bonds. The highest BCUT2D eigenvalue weighted by atomic mass is 16.3. The highest BCUT2D eigenvalue weighted by Crippen LogP contribution is 1.88. The van der Waals surface area contributed by atoms with Crippen molar-refractivity contribution in [3.8, 4) is 0 Å². The fraction of sp³-hybridized carbons (Fsp3) is 1.00. The van der Waals surface area contributed by atoms with Gasteiger partial charge >= 0.3 is 0 Å². The molecule has 0 aliphatic rings. The quantitative estimate of drug-likeness (QED) is 0.455. The fourth-order valence-corrected chi connectivity index (χ4v) is 0.436. The standard InChI is InChI=1S/C6H15NO2/c1-5(4-8)3-7-6(2)9/h5-9H,3-4H2,1-2H3.